The Morgan fingerprint density at radius 1 is 1.09 bits per heavy atom. The van der Waals surface area contributed by atoms with Gasteiger partial charge in [-0.3, -0.25) is 4.18 Å². The number of hydrogen-bond donors (Lipinski definition) is 0. The monoisotopic (exact) mass is 336 g/mol. The first-order valence-electron chi connectivity index (χ1n) is 7.96. The quantitative estimate of drug-likeness (QED) is 0.626. The molecule has 2 aliphatic heterocycles. The van der Waals surface area contributed by atoms with Gasteiger partial charge in [-0.05, 0) is 37.8 Å². The van der Waals surface area contributed by atoms with E-state index in [4.69, 9.17) is 13.7 Å². The second kappa shape index (κ2) is 5.70. The van der Waals surface area contributed by atoms with Crippen LogP contribution in [0.25, 0.3) is 0 Å². The predicted octanol–water partition coefficient (Wildman–Crippen LogP) is 2.41. The van der Waals surface area contributed by atoms with Crippen molar-refractivity contribution in [1.29, 1.82) is 0 Å². The summed E-state index contributed by atoms with van der Waals surface area (Å²) < 4.78 is 42.3. The van der Waals surface area contributed by atoms with Crippen molar-refractivity contribution in [2.75, 3.05) is 6.61 Å². The molecule has 23 heavy (non-hydrogen) atoms. The van der Waals surface area contributed by atoms with E-state index in [2.05, 4.69) is 12.2 Å². The largest absolute Gasteiger partial charge is 0.347 e. The average molecular weight is 336 g/mol. The minimum absolute atomic E-state index is 0.0527. The summed E-state index contributed by atoms with van der Waals surface area (Å²) in [4.78, 5) is 0.172. The Labute approximate surface area is 136 Å². The van der Waals surface area contributed by atoms with Crippen molar-refractivity contribution in [2.24, 2.45) is 11.8 Å². The van der Waals surface area contributed by atoms with Gasteiger partial charge in [0, 0.05) is 5.92 Å². The van der Waals surface area contributed by atoms with Crippen molar-refractivity contribution in [3.8, 4) is 0 Å². The molecule has 3 aliphatic rings. The molecular formula is C17H20O5S. The maximum atomic E-state index is 12.6. The number of allylic oxidation sites excluding steroid dienone is 2. The molecule has 0 aromatic heterocycles. The molecule has 5 nitrogen and oxygen atoms in total. The van der Waals surface area contributed by atoms with Gasteiger partial charge in [-0.15, -0.1) is 0 Å². The summed E-state index contributed by atoms with van der Waals surface area (Å²) in [5.74, 6) is 0.378. The van der Waals surface area contributed by atoms with E-state index in [9.17, 15) is 8.42 Å². The Bertz CT molecular complexity index is 709. The number of fused-ring (bicyclic) bond motifs is 4. The van der Waals surface area contributed by atoms with Gasteiger partial charge >= 0.3 is 0 Å². The lowest BCUT2D eigenvalue weighted by molar-refractivity contribution is -0.183. The van der Waals surface area contributed by atoms with Gasteiger partial charge in [-0.2, -0.15) is 8.42 Å². The van der Waals surface area contributed by atoms with E-state index in [1.807, 2.05) is 6.92 Å². The third-order valence-corrected chi connectivity index (χ3v) is 6.31. The molecule has 0 radical (unpaired) electrons. The zero-order valence-corrected chi connectivity index (χ0v) is 13.7. The molecule has 1 aliphatic carbocycles. The first-order valence-corrected chi connectivity index (χ1v) is 9.37. The van der Waals surface area contributed by atoms with Gasteiger partial charge in [0.1, 0.15) is 6.10 Å². The zero-order valence-electron chi connectivity index (χ0n) is 12.9. The van der Waals surface area contributed by atoms with Gasteiger partial charge in [-0.25, -0.2) is 0 Å². The minimum Gasteiger partial charge on any atom is -0.347 e. The molecule has 1 aromatic rings. The summed E-state index contributed by atoms with van der Waals surface area (Å²) in [6.07, 6.45) is 4.80. The minimum atomic E-state index is -3.84. The fraction of sp³-hybridized carbons (Fsp3) is 0.529. The molecule has 2 heterocycles. The van der Waals surface area contributed by atoms with Crippen LogP contribution in [0.4, 0.5) is 0 Å². The van der Waals surface area contributed by atoms with Gasteiger partial charge in [0.05, 0.1) is 17.6 Å². The van der Waals surface area contributed by atoms with E-state index in [0.29, 0.717) is 6.61 Å². The Morgan fingerprint density at radius 2 is 1.78 bits per heavy atom. The zero-order chi connectivity index (χ0) is 16.0. The average Bonchev–Trinajstić information content (AvgIpc) is 2.98. The molecule has 6 heteroatoms. The van der Waals surface area contributed by atoms with E-state index in [-0.39, 0.29) is 22.8 Å². The fourth-order valence-corrected chi connectivity index (χ4v) is 4.83. The first-order chi connectivity index (χ1) is 11.0. The molecular weight excluding hydrogens is 316 g/mol. The lowest BCUT2D eigenvalue weighted by Gasteiger charge is -2.41. The maximum Gasteiger partial charge on any atom is 0.297 e. The molecule has 0 saturated carbocycles. The fourth-order valence-electron chi connectivity index (χ4n) is 3.72. The van der Waals surface area contributed by atoms with Gasteiger partial charge in [-0.1, -0.05) is 29.8 Å². The highest BCUT2D eigenvalue weighted by atomic mass is 32.2. The molecule has 4 rings (SSSR count). The van der Waals surface area contributed by atoms with Crippen LogP contribution in [0.5, 0.6) is 0 Å². The third kappa shape index (κ3) is 2.74. The second-order valence-electron chi connectivity index (χ2n) is 6.47. The van der Waals surface area contributed by atoms with Crippen LogP contribution in [-0.4, -0.2) is 33.5 Å². The number of benzene rings is 1. The van der Waals surface area contributed by atoms with E-state index >= 15 is 0 Å². The summed E-state index contributed by atoms with van der Waals surface area (Å²) in [5.41, 5.74) is 1.00. The van der Waals surface area contributed by atoms with Gasteiger partial charge < -0.3 is 9.47 Å². The van der Waals surface area contributed by atoms with Crippen LogP contribution in [0, 0.1) is 18.8 Å². The van der Waals surface area contributed by atoms with Crippen LogP contribution in [0.15, 0.2) is 41.3 Å². The number of ether oxygens (including phenoxy) is 2. The van der Waals surface area contributed by atoms with Gasteiger partial charge in [0.2, 0.25) is 0 Å². The van der Waals surface area contributed by atoms with Crippen molar-refractivity contribution in [2.45, 2.75) is 43.2 Å². The molecule has 2 fully saturated rings. The van der Waals surface area contributed by atoms with Gasteiger partial charge in [0.25, 0.3) is 10.1 Å². The lowest BCUT2D eigenvalue weighted by Crippen LogP contribution is -2.49. The molecule has 0 spiro atoms. The number of hydrogen-bond acceptors (Lipinski definition) is 5. The summed E-state index contributed by atoms with van der Waals surface area (Å²) in [5, 5.41) is 0. The SMILES string of the molecule is Cc1ccc(S(=O)(=O)O[C@H]2[C@@H]3OC[C@@H](O3)[C@H]3CC=CC[C@H]32)cc1. The highest BCUT2D eigenvalue weighted by Gasteiger charge is 2.52. The maximum absolute atomic E-state index is 12.6. The Kier molecular flexibility index (Phi) is 3.80. The standard InChI is InChI=1S/C17H20O5S/c1-11-6-8-12(9-7-11)23(18,19)22-16-14-5-3-2-4-13(14)15-10-20-17(16)21-15/h2-3,6-9,13-17H,4-5,10H2,1H3/t13-,14+,15+,16+,17+/m0/s1. The first kappa shape index (κ1) is 15.3. The molecule has 1 aromatic carbocycles. The second-order valence-corrected chi connectivity index (χ2v) is 8.05. The van der Waals surface area contributed by atoms with Gasteiger partial charge in [0.15, 0.2) is 6.29 Å². The normalized spacial score (nSPS) is 36.0. The van der Waals surface area contributed by atoms with Crippen LogP contribution >= 0.6 is 0 Å². The molecule has 2 saturated heterocycles. The molecule has 0 unspecified atom stereocenters. The molecule has 0 amide bonds. The summed E-state index contributed by atoms with van der Waals surface area (Å²) in [6.45, 7) is 2.43. The Hall–Kier alpha value is -1.21. The molecule has 5 atom stereocenters. The molecule has 0 N–H and O–H groups in total. The Balaban J connectivity index is 1.61. The van der Waals surface area contributed by atoms with Crippen LogP contribution in [0.3, 0.4) is 0 Å². The smallest absolute Gasteiger partial charge is 0.297 e. The number of aryl methyl sites for hydroxylation is 1. The van der Waals surface area contributed by atoms with E-state index in [0.717, 1.165) is 18.4 Å². The van der Waals surface area contributed by atoms with Crippen LogP contribution in [-0.2, 0) is 23.8 Å². The van der Waals surface area contributed by atoms with Crippen LogP contribution in [0.1, 0.15) is 18.4 Å². The third-order valence-electron chi connectivity index (χ3n) is 4.98. The van der Waals surface area contributed by atoms with E-state index in [1.54, 1.807) is 24.3 Å². The van der Waals surface area contributed by atoms with E-state index < -0.39 is 22.5 Å². The summed E-state index contributed by atoms with van der Waals surface area (Å²) >= 11 is 0. The van der Waals surface area contributed by atoms with Crippen molar-refractivity contribution in [1.82, 2.24) is 0 Å². The van der Waals surface area contributed by atoms with E-state index in [1.165, 1.54) is 0 Å². The van der Waals surface area contributed by atoms with Crippen molar-refractivity contribution in [3.63, 3.8) is 0 Å². The Morgan fingerprint density at radius 3 is 2.52 bits per heavy atom. The molecule has 2 bridgehead atoms. The highest BCUT2D eigenvalue weighted by Crippen LogP contribution is 2.44. The van der Waals surface area contributed by atoms with Crippen molar-refractivity contribution < 1.29 is 22.1 Å². The van der Waals surface area contributed by atoms with Crippen molar-refractivity contribution >= 4 is 10.1 Å². The highest BCUT2D eigenvalue weighted by molar-refractivity contribution is 7.86. The molecule has 124 valence electrons. The lowest BCUT2D eigenvalue weighted by atomic mass is 9.75. The summed E-state index contributed by atoms with van der Waals surface area (Å²) in [6, 6.07) is 6.68. The van der Waals surface area contributed by atoms with Crippen molar-refractivity contribution in [3.05, 3.63) is 42.0 Å². The van der Waals surface area contributed by atoms with Crippen LogP contribution in [0.2, 0.25) is 0 Å². The number of rotatable bonds is 3. The topological polar surface area (TPSA) is 61.8 Å². The summed E-state index contributed by atoms with van der Waals surface area (Å²) in [7, 11) is -3.84. The van der Waals surface area contributed by atoms with Crippen LogP contribution < -0.4 is 0 Å². The predicted molar refractivity (Wildman–Crippen MR) is 83.2 cm³/mol.